The summed E-state index contributed by atoms with van der Waals surface area (Å²) in [5, 5.41) is 0. The van der Waals surface area contributed by atoms with Gasteiger partial charge in [-0.3, -0.25) is 0 Å². The molecule has 0 saturated carbocycles. The second kappa shape index (κ2) is 8.12. The monoisotopic (exact) mass is 305 g/mol. The summed E-state index contributed by atoms with van der Waals surface area (Å²) in [6.07, 6.45) is 7.72. The molecule has 120 valence electrons. The second-order valence-electron chi connectivity index (χ2n) is 6.49. The van der Waals surface area contributed by atoms with Gasteiger partial charge in [-0.2, -0.15) is 0 Å². The highest BCUT2D eigenvalue weighted by molar-refractivity contribution is 5.80. The second-order valence-corrected chi connectivity index (χ2v) is 6.49. The summed E-state index contributed by atoms with van der Waals surface area (Å²) in [5.74, 6) is 0. The molecule has 1 saturated heterocycles. The van der Waals surface area contributed by atoms with E-state index in [1.165, 1.54) is 61.2 Å². The fourth-order valence-electron chi connectivity index (χ4n) is 3.45. The van der Waals surface area contributed by atoms with Gasteiger partial charge in [-0.15, -0.1) is 0 Å². The number of piperidine rings is 1. The highest BCUT2D eigenvalue weighted by Crippen LogP contribution is 2.28. The number of likely N-dealkylation sites (tertiary alicyclic amines) is 1. The molecule has 0 atom stereocenters. The summed E-state index contributed by atoms with van der Waals surface area (Å²) in [6, 6.07) is 19.4. The number of benzene rings is 2. The molecule has 3 rings (SSSR count). The lowest BCUT2D eigenvalue weighted by molar-refractivity contribution is 0.233. The normalized spacial score (nSPS) is 16.5. The molecule has 0 spiro atoms. The van der Waals surface area contributed by atoms with Crippen molar-refractivity contribution >= 4 is 5.57 Å². The lowest BCUT2D eigenvalue weighted by atomic mass is 9.95. The minimum atomic E-state index is 1.15. The van der Waals surface area contributed by atoms with Gasteiger partial charge in [0, 0.05) is 6.54 Å². The van der Waals surface area contributed by atoms with Gasteiger partial charge >= 0.3 is 0 Å². The van der Waals surface area contributed by atoms with Crippen LogP contribution in [0.5, 0.6) is 0 Å². The van der Waals surface area contributed by atoms with E-state index in [0.717, 1.165) is 6.42 Å². The van der Waals surface area contributed by atoms with E-state index >= 15 is 0 Å². The van der Waals surface area contributed by atoms with Crippen molar-refractivity contribution in [1.29, 1.82) is 0 Å². The molecule has 2 aromatic carbocycles. The molecular formula is C22H27N. The van der Waals surface area contributed by atoms with E-state index < -0.39 is 0 Å². The average molecular weight is 305 g/mol. The lowest BCUT2D eigenvalue weighted by Gasteiger charge is -2.25. The number of allylic oxidation sites excluding steroid dienone is 1. The first-order chi connectivity index (χ1) is 11.3. The lowest BCUT2D eigenvalue weighted by Crippen LogP contribution is -2.30. The third-order valence-electron chi connectivity index (χ3n) is 4.78. The van der Waals surface area contributed by atoms with Crippen molar-refractivity contribution in [3.05, 3.63) is 66.2 Å². The van der Waals surface area contributed by atoms with E-state index in [-0.39, 0.29) is 0 Å². The zero-order valence-corrected chi connectivity index (χ0v) is 14.2. The van der Waals surface area contributed by atoms with Crippen LogP contribution in [-0.4, -0.2) is 24.5 Å². The fraction of sp³-hybridized carbons (Fsp3) is 0.364. The van der Waals surface area contributed by atoms with Gasteiger partial charge in [-0.25, -0.2) is 0 Å². The van der Waals surface area contributed by atoms with Crippen LogP contribution in [0.4, 0.5) is 0 Å². The molecule has 1 aliphatic heterocycles. The van der Waals surface area contributed by atoms with Crippen molar-refractivity contribution in [2.24, 2.45) is 0 Å². The summed E-state index contributed by atoms with van der Waals surface area (Å²) in [6.45, 7) is 6.02. The van der Waals surface area contributed by atoms with Crippen molar-refractivity contribution in [2.45, 2.75) is 32.6 Å². The smallest absolute Gasteiger partial charge is 0.00161 e. The Morgan fingerprint density at radius 2 is 1.61 bits per heavy atom. The summed E-state index contributed by atoms with van der Waals surface area (Å²) in [4.78, 5) is 2.61. The molecule has 1 aliphatic rings. The molecule has 1 nitrogen and oxygen atoms in total. The van der Waals surface area contributed by atoms with E-state index in [1.54, 1.807) is 0 Å². The minimum absolute atomic E-state index is 1.15. The SMILES string of the molecule is CC(=CCCN1CCCCC1)c1ccccc1-c1ccccc1. The standard InChI is InChI=1S/C22H27N/c1-19(11-10-18-23-16-8-3-9-17-23)21-14-6-7-15-22(21)20-12-4-2-5-13-20/h2,4-7,11-15H,3,8-10,16-18H2,1H3. The van der Waals surface area contributed by atoms with Gasteiger partial charge in [0.2, 0.25) is 0 Å². The zero-order chi connectivity index (χ0) is 15.9. The predicted octanol–water partition coefficient (Wildman–Crippen LogP) is 5.63. The fourth-order valence-corrected chi connectivity index (χ4v) is 3.45. The highest BCUT2D eigenvalue weighted by atomic mass is 15.1. The Morgan fingerprint density at radius 1 is 0.913 bits per heavy atom. The average Bonchev–Trinajstić information content (AvgIpc) is 2.63. The topological polar surface area (TPSA) is 3.24 Å². The molecule has 1 heterocycles. The van der Waals surface area contributed by atoms with Crippen LogP contribution in [0.1, 0.15) is 38.2 Å². The summed E-state index contributed by atoms with van der Waals surface area (Å²) >= 11 is 0. The Kier molecular flexibility index (Phi) is 5.65. The van der Waals surface area contributed by atoms with Crippen molar-refractivity contribution in [1.82, 2.24) is 4.90 Å². The summed E-state index contributed by atoms with van der Waals surface area (Å²) in [5.41, 5.74) is 5.38. The van der Waals surface area contributed by atoms with Gasteiger partial charge in [-0.05, 0) is 61.5 Å². The maximum atomic E-state index is 2.61. The molecule has 0 unspecified atom stereocenters. The molecule has 2 aromatic rings. The van der Waals surface area contributed by atoms with Gasteiger partial charge in [0.25, 0.3) is 0 Å². The van der Waals surface area contributed by atoms with Crippen molar-refractivity contribution in [2.75, 3.05) is 19.6 Å². The van der Waals surface area contributed by atoms with Crippen molar-refractivity contribution in [3.63, 3.8) is 0 Å². The maximum absolute atomic E-state index is 2.61. The number of rotatable bonds is 5. The number of hydrogen-bond acceptors (Lipinski definition) is 1. The van der Waals surface area contributed by atoms with E-state index in [2.05, 4.69) is 72.5 Å². The Labute approximate surface area is 140 Å². The maximum Gasteiger partial charge on any atom is 0.00161 e. The number of nitrogens with zero attached hydrogens (tertiary/aromatic N) is 1. The van der Waals surface area contributed by atoms with Crippen LogP contribution in [0.3, 0.4) is 0 Å². The molecule has 0 aliphatic carbocycles. The first-order valence-electron chi connectivity index (χ1n) is 8.88. The zero-order valence-electron chi connectivity index (χ0n) is 14.2. The molecule has 23 heavy (non-hydrogen) atoms. The molecule has 1 fully saturated rings. The molecule has 0 bridgehead atoms. The Bertz CT molecular complexity index is 636. The van der Waals surface area contributed by atoms with Crippen LogP contribution in [0.25, 0.3) is 16.7 Å². The van der Waals surface area contributed by atoms with Crippen LogP contribution in [0, 0.1) is 0 Å². The van der Waals surface area contributed by atoms with Crippen LogP contribution >= 0.6 is 0 Å². The first kappa shape index (κ1) is 16.0. The summed E-state index contributed by atoms with van der Waals surface area (Å²) in [7, 11) is 0. The van der Waals surface area contributed by atoms with Crippen molar-refractivity contribution in [3.8, 4) is 11.1 Å². The van der Waals surface area contributed by atoms with Gasteiger partial charge in [0.1, 0.15) is 0 Å². The third-order valence-corrected chi connectivity index (χ3v) is 4.78. The van der Waals surface area contributed by atoms with Gasteiger partial charge in [0.05, 0.1) is 0 Å². The van der Waals surface area contributed by atoms with E-state index in [0.29, 0.717) is 0 Å². The van der Waals surface area contributed by atoms with Gasteiger partial charge in [-0.1, -0.05) is 67.1 Å². The highest BCUT2D eigenvalue weighted by Gasteiger charge is 2.09. The molecule has 0 aromatic heterocycles. The Morgan fingerprint density at radius 3 is 2.39 bits per heavy atom. The van der Waals surface area contributed by atoms with Gasteiger partial charge in [0.15, 0.2) is 0 Å². The van der Waals surface area contributed by atoms with Crippen LogP contribution in [-0.2, 0) is 0 Å². The molecule has 0 amide bonds. The largest absolute Gasteiger partial charge is 0.303 e. The molecule has 0 N–H and O–H groups in total. The quantitative estimate of drug-likeness (QED) is 0.691. The van der Waals surface area contributed by atoms with Crippen molar-refractivity contribution < 1.29 is 0 Å². The number of hydrogen-bond donors (Lipinski definition) is 0. The molecule has 1 heteroatoms. The minimum Gasteiger partial charge on any atom is -0.303 e. The van der Waals surface area contributed by atoms with E-state index in [9.17, 15) is 0 Å². The van der Waals surface area contributed by atoms with E-state index in [1.807, 2.05) is 0 Å². The van der Waals surface area contributed by atoms with Gasteiger partial charge < -0.3 is 4.90 Å². The first-order valence-corrected chi connectivity index (χ1v) is 8.88. The third kappa shape index (κ3) is 4.33. The van der Waals surface area contributed by atoms with Crippen LogP contribution in [0.2, 0.25) is 0 Å². The van der Waals surface area contributed by atoms with Crippen LogP contribution in [0.15, 0.2) is 60.7 Å². The summed E-state index contributed by atoms with van der Waals surface area (Å²) < 4.78 is 0. The molecular weight excluding hydrogens is 278 g/mol. The van der Waals surface area contributed by atoms with E-state index in [4.69, 9.17) is 0 Å². The molecule has 0 radical (unpaired) electrons. The van der Waals surface area contributed by atoms with Crippen LogP contribution < -0.4 is 0 Å². The Hall–Kier alpha value is -1.86. The Balaban J connectivity index is 1.71. The predicted molar refractivity (Wildman–Crippen MR) is 100 cm³/mol.